The van der Waals surface area contributed by atoms with Gasteiger partial charge >= 0.3 is 0 Å². The van der Waals surface area contributed by atoms with Gasteiger partial charge in [-0.2, -0.15) is 0 Å². The van der Waals surface area contributed by atoms with Gasteiger partial charge in [0.05, 0.1) is 0 Å². The Balaban J connectivity index is 1.92. The second-order valence-electron chi connectivity index (χ2n) is 5.18. The SMILES string of the molecule is Cc1ccc(CCC(Cc2ccccc2Br)NN)cc1. The van der Waals surface area contributed by atoms with E-state index in [9.17, 15) is 0 Å². The summed E-state index contributed by atoms with van der Waals surface area (Å²) < 4.78 is 1.15. The quantitative estimate of drug-likeness (QED) is 0.624. The van der Waals surface area contributed by atoms with Gasteiger partial charge in [-0.25, -0.2) is 0 Å². The molecule has 0 saturated heterocycles. The van der Waals surface area contributed by atoms with Crippen molar-refractivity contribution in [2.45, 2.75) is 32.2 Å². The molecule has 0 amide bonds. The summed E-state index contributed by atoms with van der Waals surface area (Å²) >= 11 is 3.59. The van der Waals surface area contributed by atoms with Crippen molar-refractivity contribution in [3.05, 3.63) is 69.7 Å². The topological polar surface area (TPSA) is 38.0 Å². The molecule has 20 heavy (non-hydrogen) atoms. The van der Waals surface area contributed by atoms with Crippen LogP contribution in [-0.2, 0) is 12.8 Å². The van der Waals surface area contributed by atoms with Crippen molar-refractivity contribution in [1.82, 2.24) is 5.43 Å². The molecule has 106 valence electrons. The van der Waals surface area contributed by atoms with Crippen LogP contribution in [0.15, 0.2) is 53.0 Å². The normalized spacial score (nSPS) is 12.3. The minimum atomic E-state index is 0.287. The van der Waals surface area contributed by atoms with Crippen LogP contribution in [0.2, 0.25) is 0 Å². The van der Waals surface area contributed by atoms with Crippen molar-refractivity contribution < 1.29 is 0 Å². The van der Waals surface area contributed by atoms with Crippen molar-refractivity contribution in [3.63, 3.8) is 0 Å². The van der Waals surface area contributed by atoms with E-state index < -0.39 is 0 Å². The first kappa shape index (κ1) is 15.2. The molecule has 0 aliphatic carbocycles. The lowest BCUT2D eigenvalue weighted by Gasteiger charge is -2.17. The summed E-state index contributed by atoms with van der Waals surface area (Å²) in [5.41, 5.74) is 6.89. The minimum Gasteiger partial charge on any atom is -0.271 e. The van der Waals surface area contributed by atoms with Crippen LogP contribution < -0.4 is 11.3 Å². The molecule has 0 fully saturated rings. The molecule has 0 heterocycles. The van der Waals surface area contributed by atoms with Gasteiger partial charge in [0.15, 0.2) is 0 Å². The number of nitrogens with one attached hydrogen (secondary N) is 1. The van der Waals surface area contributed by atoms with Gasteiger partial charge in [0.25, 0.3) is 0 Å². The zero-order valence-corrected chi connectivity index (χ0v) is 13.4. The van der Waals surface area contributed by atoms with E-state index in [2.05, 4.69) is 70.7 Å². The summed E-state index contributed by atoms with van der Waals surface area (Å²) in [5.74, 6) is 5.69. The largest absolute Gasteiger partial charge is 0.271 e. The average molecular weight is 333 g/mol. The summed E-state index contributed by atoms with van der Waals surface area (Å²) in [6.07, 6.45) is 3.00. The van der Waals surface area contributed by atoms with Crippen molar-refractivity contribution in [1.29, 1.82) is 0 Å². The third-order valence-electron chi connectivity index (χ3n) is 3.56. The Morgan fingerprint density at radius 3 is 2.45 bits per heavy atom. The van der Waals surface area contributed by atoms with Gasteiger partial charge in [-0.05, 0) is 43.4 Å². The van der Waals surface area contributed by atoms with Crippen LogP contribution >= 0.6 is 15.9 Å². The Labute approximate surface area is 129 Å². The Kier molecular flexibility index (Phi) is 5.77. The highest BCUT2D eigenvalue weighted by Crippen LogP contribution is 2.19. The number of aryl methyl sites for hydroxylation is 2. The smallest absolute Gasteiger partial charge is 0.0254 e. The molecule has 0 bridgehead atoms. The van der Waals surface area contributed by atoms with E-state index in [1.807, 2.05) is 6.07 Å². The van der Waals surface area contributed by atoms with Crippen molar-refractivity contribution in [2.24, 2.45) is 5.84 Å². The van der Waals surface area contributed by atoms with Gasteiger partial charge < -0.3 is 0 Å². The second kappa shape index (κ2) is 7.58. The molecule has 2 nitrogen and oxygen atoms in total. The van der Waals surface area contributed by atoms with Crippen molar-refractivity contribution in [3.8, 4) is 0 Å². The molecule has 1 atom stereocenters. The molecule has 0 aromatic heterocycles. The third kappa shape index (κ3) is 4.44. The minimum absolute atomic E-state index is 0.287. The maximum Gasteiger partial charge on any atom is 0.0254 e. The van der Waals surface area contributed by atoms with E-state index >= 15 is 0 Å². The zero-order chi connectivity index (χ0) is 14.4. The van der Waals surface area contributed by atoms with E-state index in [-0.39, 0.29) is 6.04 Å². The molecular weight excluding hydrogens is 312 g/mol. The molecule has 2 aromatic rings. The first-order valence-corrected chi connectivity index (χ1v) is 7.73. The van der Waals surface area contributed by atoms with E-state index in [0.29, 0.717) is 0 Å². The number of nitrogens with two attached hydrogens (primary N) is 1. The van der Waals surface area contributed by atoms with E-state index in [1.54, 1.807) is 0 Å². The van der Waals surface area contributed by atoms with Gasteiger partial charge in [0.1, 0.15) is 0 Å². The van der Waals surface area contributed by atoms with E-state index in [1.165, 1.54) is 16.7 Å². The summed E-state index contributed by atoms with van der Waals surface area (Å²) in [6, 6.07) is 17.3. The lowest BCUT2D eigenvalue weighted by molar-refractivity contribution is 0.491. The summed E-state index contributed by atoms with van der Waals surface area (Å²) in [6.45, 7) is 2.11. The second-order valence-corrected chi connectivity index (χ2v) is 6.04. The molecule has 0 saturated carbocycles. The van der Waals surface area contributed by atoms with Crippen LogP contribution in [0.3, 0.4) is 0 Å². The maximum absolute atomic E-state index is 5.69. The van der Waals surface area contributed by atoms with Crippen LogP contribution in [0.25, 0.3) is 0 Å². The highest BCUT2D eigenvalue weighted by Gasteiger charge is 2.10. The molecule has 3 N–H and O–H groups in total. The molecule has 2 aromatic carbocycles. The fourth-order valence-corrected chi connectivity index (χ4v) is 2.72. The Morgan fingerprint density at radius 2 is 1.80 bits per heavy atom. The molecule has 0 aliphatic heterocycles. The Bertz CT molecular complexity index is 537. The number of halogens is 1. The predicted octanol–water partition coefficient (Wildman–Crippen LogP) is 3.76. The third-order valence-corrected chi connectivity index (χ3v) is 4.34. The molecule has 0 spiro atoms. The van der Waals surface area contributed by atoms with Gasteiger partial charge in [0.2, 0.25) is 0 Å². The molecule has 0 radical (unpaired) electrons. The average Bonchev–Trinajstić information content (AvgIpc) is 2.47. The molecular formula is C17H21BrN2. The number of hydrogen-bond donors (Lipinski definition) is 2. The Hall–Kier alpha value is -1.16. The molecule has 2 rings (SSSR count). The first-order chi connectivity index (χ1) is 9.69. The number of benzene rings is 2. The first-order valence-electron chi connectivity index (χ1n) is 6.94. The number of rotatable bonds is 6. The van der Waals surface area contributed by atoms with E-state index in [0.717, 1.165) is 23.7 Å². The fraction of sp³-hybridized carbons (Fsp3) is 0.294. The molecule has 3 heteroatoms. The standard InChI is InChI=1S/C17H21BrN2/c1-13-6-8-14(9-7-13)10-11-16(20-19)12-15-4-2-3-5-17(15)18/h2-9,16,20H,10-12,19H2,1H3. The zero-order valence-electron chi connectivity index (χ0n) is 11.8. The van der Waals surface area contributed by atoms with E-state index in [4.69, 9.17) is 5.84 Å². The highest BCUT2D eigenvalue weighted by atomic mass is 79.9. The predicted molar refractivity (Wildman–Crippen MR) is 88.5 cm³/mol. The lowest BCUT2D eigenvalue weighted by Crippen LogP contribution is -2.37. The van der Waals surface area contributed by atoms with Crippen molar-refractivity contribution in [2.75, 3.05) is 0 Å². The summed E-state index contributed by atoms with van der Waals surface area (Å²) in [7, 11) is 0. The maximum atomic E-state index is 5.69. The lowest BCUT2D eigenvalue weighted by atomic mass is 9.99. The molecule has 1 unspecified atom stereocenters. The van der Waals surface area contributed by atoms with Crippen molar-refractivity contribution >= 4 is 15.9 Å². The highest BCUT2D eigenvalue weighted by molar-refractivity contribution is 9.10. The van der Waals surface area contributed by atoms with Gasteiger partial charge in [-0.3, -0.25) is 11.3 Å². The van der Waals surface area contributed by atoms with Gasteiger partial charge in [-0.1, -0.05) is 64.0 Å². The van der Waals surface area contributed by atoms with Crippen LogP contribution in [0.5, 0.6) is 0 Å². The number of hydrazine groups is 1. The number of hydrogen-bond acceptors (Lipinski definition) is 2. The molecule has 0 aliphatic rings. The summed E-state index contributed by atoms with van der Waals surface area (Å²) in [5, 5.41) is 0. The summed E-state index contributed by atoms with van der Waals surface area (Å²) in [4.78, 5) is 0. The Morgan fingerprint density at radius 1 is 1.10 bits per heavy atom. The fourth-order valence-electron chi connectivity index (χ4n) is 2.27. The van der Waals surface area contributed by atoms with Crippen LogP contribution in [0.1, 0.15) is 23.1 Å². The van der Waals surface area contributed by atoms with Crippen LogP contribution in [0.4, 0.5) is 0 Å². The van der Waals surface area contributed by atoms with Crippen LogP contribution in [0, 0.1) is 6.92 Å². The van der Waals surface area contributed by atoms with Gasteiger partial charge in [-0.15, -0.1) is 0 Å². The monoisotopic (exact) mass is 332 g/mol. The van der Waals surface area contributed by atoms with Crippen LogP contribution in [-0.4, -0.2) is 6.04 Å². The van der Waals surface area contributed by atoms with Gasteiger partial charge in [0, 0.05) is 10.5 Å².